The summed E-state index contributed by atoms with van der Waals surface area (Å²) >= 11 is 3.73. The van der Waals surface area contributed by atoms with Crippen molar-refractivity contribution in [1.82, 2.24) is 0 Å². The number of fused-ring (bicyclic) bond motifs is 13. The van der Waals surface area contributed by atoms with Crippen LogP contribution in [0.15, 0.2) is 428 Å². The predicted molar refractivity (Wildman–Crippen MR) is 489 cm³/mol. The fourth-order valence-electron chi connectivity index (χ4n) is 17.4. The Kier molecular flexibility index (Phi) is 16.4. The van der Waals surface area contributed by atoms with Crippen molar-refractivity contribution in [2.45, 2.75) is 6.42 Å². The number of thiophene rings is 2. The van der Waals surface area contributed by atoms with Gasteiger partial charge in [0, 0.05) is 85.0 Å². The number of allylic oxidation sites excluding steroid dienone is 10. The summed E-state index contributed by atoms with van der Waals surface area (Å²) in [7, 11) is 0. The first-order chi connectivity index (χ1) is 56.4. The first-order valence-electron chi connectivity index (χ1n) is 39.0. The molecule has 114 heavy (non-hydrogen) atoms. The van der Waals surface area contributed by atoms with Crippen LogP contribution in [-0.2, 0) is 0 Å². The van der Waals surface area contributed by atoms with E-state index in [1.807, 2.05) is 22.7 Å². The van der Waals surface area contributed by atoms with Crippen LogP contribution < -0.4 is 9.80 Å². The molecule has 0 N–H and O–H groups in total. The van der Waals surface area contributed by atoms with Gasteiger partial charge in [0.05, 0.1) is 11.4 Å². The quantitative estimate of drug-likeness (QED) is 0.108. The number of nitrogens with zero attached hydrogens (tertiary/aromatic N) is 2. The molecule has 0 atom stereocenters. The minimum atomic E-state index is 0.842. The summed E-state index contributed by atoms with van der Waals surface area (Å²) in [5.41, 5.74) is 29.4. The van der Waals surface area contributed by atoms with Crippen molar-refractivity contribution in [2.24, 2.45) is 0 Å². The van der Waals surface area contributed by atoms with Gasteiger partial charge in [-0.2, -0.15) is 0 Å². The van der Waals surface area contributed by atoms with Crippen molar-refractivity contribution in [3.63, 3.8) is 0 Å². The van der Waals surface area contributed by atoms with Gasteiger partial charge in [-0.15, -0.1) is 22.7 Å². The molecule has 3 nitrogen and oxygen atoms in total. The van der Waals surface area contributed by atoms with Crippen LogP contribution in [-0.4, -0.2) is 0 Å². The van der Waals surface area contributed by atoms with Gasteiger partial charge >= 0.3 is 0 Å². The van der Waals surface area contributed by atoms with E-state index in [0.29, 0.717) is 0 Å². The van der Waals surface area contributed by atoms with E-state index in [1.165, 1.54) is 123 Å². The molecule has 0 fully saturated rings. The van der Waals surface area contributed by atoms with Gasteiger partial charge in [-0.1, -0.05) is 303 Å². The molecule has 17 aromatic carbocycles. The van der Waals surface area contributed by atoms with Crippen molar-refractivity contribution >= 4 is 146 Å². The summed E-state index contributed by atoms with van der Waals surface area (Å²) < 4.78 is 11.9. The van der Waals surface area contributed by atoms with Crippen molar-refractivity contribution < 1.29 is 4.42 Å². The summed E-state index contributed by atoms with van der Waals surface area (Å²) in [6.45, 7) is 0. The summed E-state index contributed by atoms with van der Waals surface area (Å²) in [6, 6.07) is 137. The SMILES string of the molecule is C1=CC=C2C=C(c3cccc(N(c4ccc5oc6ccc(-c7cccc8c7sc7cc(-c9ccccc9N(c9ccc(-c%10ccc(-c%11cccc%12ccccc%11%12)cc%10)cc9)c9ccc(-c%10cccc(-c%11ccc%12ccccc%12c%11)c%10)cc9)ccc78)cc6c5c4)c4ccccc4-c4ccc5c(c4)sc4ccccc45)c3)C=CC(=C1)C2. The van der Waals surface area contributed by atoms with Gasteiger partial charge in [0.25, 0.3) is 0 Å². The van der Waals surface area contributed by atoms with Crippen LogP contribution in [0.4, 0.5) is 34.1 Å². The lowest BCUT2D eigenvalue weighted by atomic mass is 9.96. The van der Waals surface area contributed by atoms with E-state index >= 15 is 0 Å². The third-order valence-corrected chi connectivity index (χ3v) is 25.4. The number of furan rings is 1. The van der Waals surface area contributed by atoms with Gasteiger partial charge in [0.2, 0.25) is 0 Å². The fraction of sp³-hybridized carbons (Fsp3) is 0.00917. The molecule has 3 heterocycles. The minimum Gasteiger partial charge on any atom is -0.456 e. The van der Waals surface area contributed by atoms with Gasteiger partial charge in [-0.25, -0.2) is 0 Å². The number of hydrogen-bond donors (Lipinski definition) is 0. The third-order valence-electron chi connectivity index (χ3n) is 23.1. The molecule has 0 radical (unpaired) electrons. The van der Waals surface area contributed by atoms with Gasteiger partial charge in [0.15, 0.2) is 0 Å². The standard InChI is InChI=1S/C109H70N2OS2/c1-2-18-71-61-70(17-1)37-38-82(62-71)81-25-14-26-89(65-81)111(103-35-11-8-29-94(103)85-49-57-97-96-30-9-12-36-106(96)113-107(97)67-85)90-56-60-105-101(69-90)100-66-84(51-59-104(100)112-105)95-32-16-33-99-98-58-50-86(68-108(98)114-109(95)99)93-28-7-10-34-102(93)110(87-52-45-74(46-53-87)73-39-42-77(43-40-73)92-31-15-22-76-20-5-6-27-91(76)92)88-54-47-75(48-55-88)79-23-13-24-80(63-79)83-44-41-72-19-3-4-21-78(72)64-83/h1-60,62-69H,61H2. The molecule has 2 aliphatic rings. The average Bonchev–Trinajstić information content (AvgIpc) is 1.58. The normalized spacial score (nSPS) is 12.8. The van der Waals surface area contributed by atoms with E-state index in [-0.39, 0.29) is 0 Å². The number of hydrogen-bond acceptors (Lipinski definition) is 5. The summed E-state index contributed by atoms with van der Waals surface area (Å²) in [6.07, 6.45) is 16.5. The minimum absolute atomic E-state index is 0.842. The van der Waals surface area contributed by atoms with Crippen molar-refractivity contribution in [2.75, 3.05) is 9.80 Å². The molecule has 2 aliphatic carbocycles. The van der Waals surface area contributed by atoms with E-state index < -0.39 is 0 Å². The van der Waals surface area contributed by atoms with Gasteiger partial charge in [0.1, 0.15) is 11.2 Å². The third kappa shape index (κ3) is 12.0. The van der Waals surface area contributed by atoms with E-state index in [9.17, 15) is 0 Å². The number of rotatable bonds is 14. The monoisotopic (exact) mass is 1490 g/mol. The number of para-hydroxylation sites is 2. The predicted octanol–water partition coefficient (Wildman–Crippen LogP) is 32.0. The molecule has 0 saturated carbocycles. The Morgan fingerprint density at radius 3 is 1.50 bits per heavy atom. The van der Waals surface area contributed by atoms with Crippen LogP contribution in [0.25, 0.3) is 167 Å². The second-order valence-corrected chi connectivity index (χ2v) is 32.0. The second kappa shape index (κ2) is 28.0. The lowest BCUT2D eigenvalue weighted by molar-refractivity contribution is 0.669. The molecule has 0 saturated heterocycles. The smallest absolute Gasteiger partial charge is 0.135 e. The highest BCUT2D eigenvalue weighted by molar-refractivity contribution is 7.26. The van der Waals surface area contributed by atoms with E-state index in [0.717, 1.165) is 101 Å². The van der Waals surface area contributed by atoms with Crippen LogP contribution in [0.3, 0.4) is 0 Å². The molecule has 0 aliphatic heterocycles. The molecule has 2 bridgehead atoms. The Hall–Kier alpha value is -14.2. The van der Waals surface area contributed by atoms with Crippen LogP contribution in [0.1, 0.15) is 12.0 Å². The van der Waals surface area contributed by atoms with Crippen LogP contribution >= 0.6 is 22.7 Å². The summed E-state index contributed by atoms with van der Waals surface area (Å²) in [5.74, 6) is 0. The van der Waals surface area contributed by atoms with Crippen molar-refractivity contribution in [3.05, 3.63) is 429 Å². The van der Waals surface area contributed by atoms with Crippen LogP contribution in [0, 0.1) is 0 Å². The Bertz CT molecular complexity index is 7440. The second-order valence-electron chi connectivity index (χ2n) is 29.9. The molecule has 0 spiro atoms. The summed E-state index contributed by atoms with van der Waals surface area (Å²) in [4.78, 5) is 4.88. The zero-order chi connectivity index (χ0) is 75.2. The Labute approximate surface area is 669 Å². The molecule has 22 rings (SSSR count). The van der Waals surface area contributed by atoms with Crippen molar-refractivity contribution in [1.29, 1.82) is 0 Å². The highest BCUT2D eigenvalue weighted by Crippen LogP contribution is 2.50. The lowest BCUT2D eigenvalue weighted by Crippen LogP contribution is -2.11. The van der Waals surface area contributed by atoms with Crippen LogP contribution in [0.5, 0.6) is 0 Å². The molecule has 5 heteroatoms. The highest BCUT2D eigenvalue weighted by Gasteiger charge is 2.24. The Balaban J connectivity index is 0.625. The van der Waals surface area contributed by atoms with E-state index in [1.54, 1.807) is 0 Å². The first kappa shape index (κ1) is 66.8. The molecule has 0 unspecified atom stereocenters. The summed E-state index contributed by atoms with van der Waals surface area (Å²) in [5, 5.41) is 12.2. The molecular formula is C109H70N2OS2. The molecule has 20 aromatic rings. The van der Waals surface area contributed by atoms with E-state index in [2.05, 4.69) is 422 Å². The molecule has 0 amide bonds. The first-order valence-corrected chi connectivity index (χ1v) is 40.6. The number of anilines is 6. The van der Waals surface area contributed by atoms with Crippen LogP contribution in [0.2, 0.25) is 0 Å². The zero-order valence-corrected chi connectivity index (χ0v) is 63.7. The van der Waals surface area contributed by atoms with Crippen molar-refractivity contribution in [3.8, 4) is 77.9 Å². The Morgan fingerprint density at radius 1 is 0.246 bits per heavy atom. The topological polar surface area (TPSA) is 19.6 Å². The van der Waals surface area contributed by atoms with Gasteiger partial charge in [-0.3, -0.25) is 0 Å². The van der Waals surface area contributed by atoms with E-state index in [4.69, 9.17) is 4.42 Å². The highest BCUT2D eigenvalue weighted by atomic mass is 32.1. The van der Waals surface area contributed by atoms with Gasteiger partial charge < -0.3 is 14.2 Å². The maximum Gasteiger partial charge on any atom is 0.135 e. The molecule has 534 valence electrons. The average molecular weight is 1490 g/mol. The maximum absolute atomic E-state index is 6.83. The van der Waals surface area contributed by atoms with Gasteiger partial charge in [-0.05, 0) is 226 Å². The Morgan fingerprint density at radius 2 is 0.728 bits per heavy atom. The maximum atomic E-state index is 6.83. The number of benzene rings is 17. The lowest BCUT2D eigenvalue weighted by Gasteiger charge is -2.28. The molecular weight excluding hydrogens is 1420 g/mol. The fourth-order valence-corrected chi connectivity index (χ4v) is 19.8. The largest absolute Gasteiger partial charge is 0.456 e. The molecule has 3 aromatic heterocycles. The zero-order valence-electron chi connectivity index (χ0n) is 62.1.